The number of aliphatic hydroxyl groups excluding tert-OH is 2. The Labute approximate surface area is 99.7 Å². The molecule has 4 N–H and O–H groups in total. The molecule has 0 atom stereocenters. The molecule has 94 valence electrons. The number of aliphatic hydroxyl groups is 2. The van der Waals surface area contributed by atoms with Crippen LogP contribution in [0.1, 0.15) is 23.7 Å². The highest BCUT2D eigenvalue weighted by molar-refractivity contribution is 5.94. The molecule has 0 heterocycles. The zero-order valence-electron chi connectivity index (χ0n) is 9.68. The molecule has 1 amide bonds. The van der Waals surface area contributed by atoms with E-state index in [1.165, 1.54) is 24.3 Å². The summed E-state index contributed by atoms with van der Waals surface area (Å²) >= 11 is 0. The van der Waals surface area contributed by atoms with Gasteiger partial charge >= 0.3 is 0 Å². The van der Waals surface area contributed by atoms with Crippen molar-refractivity contribution in [1.82, 2.24) is 5.32 Å². The molecule has 1 aromatic carbocycles. The second-order valence-corrected chi connectivity index (χ2v) is 3.95. The number of hydrogen-bond donors (Lipinski definition) is 4. The predicted octanol–water partition coefficient (Wildman–Crippen LogP) is 0.255. The van der Waals surface area contributed by atoms with E-state index in [1.807, 2.05) is 0 Å². The predicted molar refractivity (Wildman–Crippen MR) is 62.8 cm³/mol. The minimum absolute atomic E-state index is 0.0765. The van der Waals surface area contributed by atoms with Gasteiger partial charge < -0.3 is 20.6 Å². The van der Waals surface area contributed by atoms with Crippen molar-refractivity contribution in [3.8, 4) is 5.75 Å². The molecule has 5 nitrogen and oxygen atoms in total. The van der Waals surface area contributed by atoms with E-state index in [9.17, 15) is 15.0 Å². The van der Waals surface area contributed by atoms with Gasteiger partial charge in [-0.15, -0.1) is 0 Å². The third kappa shape index (κ3) is 3.18. The lowest BCUT2D eigenvalue weighted by Crippen LogP contribution is -2.53. The number of hydrogen-bond acceptors (Lipinski definition) is 4. The van der Waals surface area contributed by atoms with Crippen molar-refractivity contribution in [2.24, 2.45) is 0 Å². The van der Waals surface area contributed by atoms with Gasteiger partial charge in [0.15, 0.2) is 0 Å². The summed E-state index contributed by atoms with van der Waals surface area (Å²) in [6.45, 7) is 1.11. The van der Waals surface area contributed by atoms with Gasteiger partial charge in [0.1, 0.15) is 5.75 Å². The highest BCUT2D eigenvalue weighted by Crippen LogP contribution is 2.13. The van der Waals surface area contributed by atoms with Gasteiger partial charge in [-0.2, -0.15) is 0 Å². The summed E-state index contributed by atoms with van der Waals surface area (Å²) in [5, 5.41) is 30.1. The van der Waals surface area contributed by atoms with Gasteiger partial charge in [-0.05, 0) is 30.7 Å². The molecule has 0 unspecified atom stereocenters. The Bertz CT molecular complexity index is 362. The monoisotopic (exact) mass is 239 g/mol. The molecule has 0 saturated carbocycles. The standard InChI is InChI=1S/C12H17NO4/c1-2-12(7-14,8-15)13-11(17)9-3-5-10(16)6-4-9/h3-6,14-16H,2,7-8H2,1H3,(H,13,17). The molecule has 0 saturated heterocycles. The van der Waals surface area contributed by atoms with Gasteiger partial charge in [-0.25, -0.2) is 0 Å². The van der Waals surface area contributed by atoms with Crippen LogP contribution in [0, 0.1) is 0 Å². The van der Waals surface area contributed by atoms with E-state index in [1.54, 1.807) is 6.92 Å². The number of aromatic hydroxyl groups is 1. The van der Waals surface area contributed by atoms with Crippen LogP contribution in [0.2, 0.25) is 0 Å². The van der Waals surface area contributed by atoms with Gasteiger partial charge in [0.05, 0.1) is 18.8 Å². The molecule has 0 spiro atoms. The lowest BCUT2D eigenvalue weighted by atomic mass is 9.98. The Morgan fingerprint density at radius 1 is 1.24 bits per heavy atom. The zero-order chi connectivity index (χ0) is 12.9. The molecule has 0 aliphatic heterocycles. The van der Waals surface area contributed by atoms with Crippen molar-refractivity contribution < 1.29 is 20.1 Å². The number of carbonyl (C=O) groups is 1. The smallest absolute Gasteiger partial charge is 0.251 e. The molecule has 0 aliphatic carbocycles. The van der Waals surface area contributed by atoms with Crippen LogP contribution in [0.5, 0.6) is 5.75 Å². The molecule has 1 aromatic rings. The Kier molecular flexibility index (Phi) is 4.48. The molecule has 17 heavy (non-hydrogen) atoms. The van der Waals surface area contributed by atoms with Crippen molar-refractivity contribution in [2.45, 2.75) is 18.9 Å². The van der Waals surface area contributed by atoms with E-state index in [4.69, 9.17) is 5.11 Å². The first-order valence-electron chi connectivity index (χ1n) is 5.40. The third-order valence-electron chi connectivity index (χ3n) is 2.79. The van der Waals surface area contributed by atoms with Crippen LogP contribution in [0.25, 0.3) is 0 Å². The lowest BCUT2D eigenvalue weighted by molar-refractivity contribution is 0.0653. The summed E-state index contributed by atoms with van der Waals surface area (Å²) in [4.78, 5) is 11.8. The fourth-order valence-electron chi connectivity index (χ4n) is 1.37. The topological polar surface area (TPSA) is 89.8 Å². The average Bonchev–Trinajstić information content (AvgIpc) is 2.37. The Morgan fingerprint density at radius 3 is 2.18 bits per heavy atom. The quantitative estimate of drug-likeness (QED) is 0.593. The van der Waals surface area contributed by atoms with Crippen molar-refractivity contribution >= 4 is 5.91 Å². The van der Waals surface area contributed by atoms with Crippen LogP contribution in [0.15, 0.2) is 24.3 Å². The van der Waals surface area contributed by atoms with Gasteiger partial charge in [0, 0.05) is 5.56 Å². The highest BCUT2D eigenvalue weighted by atomic mass is 16.3. The van der Waals surface area contributed by atoms with E-state index >= 15 is 0 Å². The molecule has 0 aliphatic rings. The maximum Gasteiger partial charge on any atom is 0.251 e. The lowest BCUT2D eigenvalue weighted by Gasteiger charge is -2.29. The number of phenolic OH excluding ortho intramolecular Hbond substituents is 1. The number of benzene rings is 1. The molecular formula is C12H17NO4. The fraction of sp³-hybridized carbons (Fsp3) is 0.417. The first-order chi connectivity index (χ1) is 8.06. The second kappa shape index (κ2) is 5.65. The van der Waals surface area contributed by atoms with Crippen LogP contribution >= 0.6 is 0 Å². The van der Waals surface area contributed by atoms with Crippen molar-refractivity contribution in [2.75, 3.05) is 13.2 Å². The minimum Gasteiger partial charge on any atom is -0.508 e. The van der Waals surface area contributed by atoms with E-state index in [0.29, 0.717) is 12.0 Å². The van der Waals surface area contributed by atoms with Crippen molar-refractivity contribution in [1.29, 1.82) is 0 Å². The molecule has 0 bridgehead atoms. The van der Waals surface area contributed by atoms with Gasteiger partial charge in [0.25, 0.3) is 5.91 Å². The maximum atomic E-state index is 11.8. The van der Waals surface area contributed by atoms with E-state index in [-0.39, 0.29) is 19.0 Å². The van der Waals surface area contributed by atoms with E-state index < -0.39 is 11.4 Å². The third-order valence-corrected chi connectivity index (χ3v) is 2.79. The van der Waals surface area contributed by atoms with Gasteiger partial charge in [0.2, 0.25) is 0 Å². The number of nitrogens with one attached hydrogen (secondary N) is 1. The van der Waals surface area contributed by atoms with Gasteiger partial charge in [-0.3, -0.25) is 4.79 Å². The van der Waals surface area contributed by atoms with Crippen LogP contribution < -0.4 is 5.32 Å². The van der Waals surface area contributed by atoms with E-state index in [2.05, 4.69) is 5.32 Å². The second-order valence-electron chi connectivity index (χ2n) is 3.95. The number of rotatable bonds is 5. The normalized spacial score (nSPS) is 11.2. The molecular weight excluding hydrogens is 222 g/mol. The highest BCUT2D eigenvalue weighted by Gasteiger charge is 2.28. The minimum atomic E-state index is -1.00. The largest absolute Gasteiger partial charge is 0.508 e. The first-order valence-corrected chi connectivity index (χ1v) is 5.40. The SMILES string of the molecule is CCC(CO)(CO)NC(=O)c1ccc(O)cc1. The number of carbonyl (C=O) groups excluding carboxylic acids is 1. The van der Waals surface area contributed by atoms with Crippen LogP contribution in [-0.4, -0.2) is 40.0 Å². The molecule has 1 rings (SSSR count). The van der Waals surface area contributed by atoms with Crippen molar-refractivity contribution in [3.63, 3.8) is 0 Å². The number of phenols is 1. The summed E-state index contributed by atoms with van der Waals surface area (Å²) < 4.78 is 0. The average molecular weight is 239 g/mol. The van der Waals surface area contributed by atoms with Crippen LogP contribution in [-0.2, 0) is 0 Å². The Morgan fingerprint density at radius 2 is 1.76 bits per heavy atom. The molecule has 0 fully saturated rings. The Hall–Kier alpha value is -1.59. The summed E-state index contributed by atoms with van der Waals surface area (Å²) in [7, 11) is 0. The first kappa shape index (κ1) is 13.5. The Balaban J connectivity index is 2.81. The van der Waals surface area contributed by atoms with Gasteiger partial charge in [-0.1, -0.05) is 6.92 Å². The van der Waals surface area contributed by atoms with Crippen molar-refractivity contribution in [3.05, 3.63) is 29.8 Å². The molecule has 0 radical (unpaired) electrons. The maximum absolute atomic E-state index is 11.8. The van der Waals surface area contributed by atoms with Crippen LogP contribution in [0.4, 0.5) is 0 Å². The molecule has 0 aromatic heterocycles. The fourth-order valence-corrected chi connectivity index (χ4v) is 1.37. The zero-order valence-corrected chi connectivity index (χ0v) is 9.68. The summed E-state index contributed by atoms with van der Waals surface area (Å²) in [6.07, 6.45) is 0.420. The summed E-state index contributed by atoms with van der Waals surface area (Å²) in [5.74, 6) is -0.317. The van der Waals surface area contributed by atoms with Crippen LogP contribution in [0.3, 0.4) is 0 Å². The van der Waals surface area contributed by atoms with E-state index in [0.717, 1.165) is 0 Å². The molecule has 5 heteroatoms. The summed E-state index contributed by atoms with van der Waals surface area (Å²) in [5.41, 5.74) is -0.642. The number of amides is 1. The summed E-state index contributed by atoms with van der Waals surface area (Å²) in [6, 6.07) is 5.75.